The summed E-state index contributed by atoms with van der Waals surface area (Å²) < 4.78 is 27.7. The molecule has 0 bridgehead atoms. The lowest BCUT2D eigenvalue weighted by Crippen LogP contribution is -2.36. The molecule has 0 N–H and O–H groups in total. The molecule has 1 unspecified atom stereocenters. The van der Waals surface area contributed by atoms with E-state index in [2.05, 4.69) is 20.8 Å². The van der Waals surface area contributed by atoms with Crippen LogP contribution in [0.15, 0.2) is 47.4 Å². The van der Waals surface area contributed by atoms with Gasteiger partial charge in [0, 0.05) is 30.4 Å². The van der Waals surface area contributed by atoms with Gasteiger partial charge >= 0.3 is 0 Å². The quantitative estimate of drug-likeness (QED) is 0.692. The topological polar surface area (TPSA) is 57.7 Å². The molecule has 1 saturated heterocycles. The normalized spacial score (nSPS) is 20.0. The van der Waals surface area contributed by atoms with E-state index in [1.807, 2.05) is 31.2 Å². The highest BCUT2D eigenvalue weighted by atomic mass is 32.2. The minimum atomic E-state index is -3.48. The van der Waals surface area contributed by atoms with Crippen molar-refractivity contribution in [3.8, 4) is 0 Å². The second-order valence-electron chi connectivity index (χ2n) is 9.81. The van der Waals surface area contributed by atoms with Crippen LogP contribution in [0, 0.1) is 0 Å². The van der Waals surface area contributed by atoms with Crippen molar-refractivity contribution in [2.75, 3.05) is 18.0 Å². The SMILES string of the molecule is CC1Cc2cc(S(=O)(=O)N3CCCCC3)ccc2N1C(=O)c1ccc(C(C)(C)C)cc1. The van der Waals surface area contributed by atoms with Crippen molar-refractivity contribution >= 4 is 21.6 Å². The van der Waals surface area contributed by atoms with Crippen molar-refractivity contribution in [1.29, 1.82) is 0 Å². The van der Waals surface area contributed by atoms with Gasteiger partial charge in [-0.2, -0.15) is 4.31 Å². The van der Waals surface area contributed by atoms with Crippen molar-refractivity contribution in [3.63, 3.8) is 0 Å². The number of carbonyl (C=O) groups is 1. The lowest BCUT2D eigenvalue weighted by atomic mass is 9.86. The van der Waals surface area contributed by atoms with Gasteiger partial charge in [0.2, 0.25) is 10.0 Å². The predicted molar refractivity (Wildman–Crippen MR) is 124 cm³/mol. The molecule has 0 radical (unpaired) electrons. The molecule has 2 aliphatic heterocycles. The molecule has 1 atom stereocenters. The molecule has 6 heteroatoms. The third-order valence-electron chi connectivity index (χ3n) is 6.44. The molecule has 5 nitrogen and oxygen atoms in total. The summed E-state index contributed by atoms with van der Waals surface area (Å²) in [6.07, 6.45) is 3.57. The zero-order chi connectivity index (χ0) is 22.4. The molecule has 2 aromatic carbocycles. The average molecular weight is 441 g/mol. The first-order valence-corrected chi connectivity index (χ1v) is 12.6. The number of anilines is 1. The fourth-order valence-corrected chi connectivity index (χ4v) is 6.15. The molecule has 0 spiro atoms. The van der Waals surface area contributed by atoms with Crippen LogP contribution in [0.25, 0.3) is 0 Å². The van der Waals surface area contributed by atoms with E-state index < -0.39 is 10.0 Å². The Bertz CT molecular complexity index is 1080. The number of rotatable bonds is 3. The molecule has 2 heterocycles. The summed E-state index contributed by atoms with van der Waals surface area (Å²) in [5.41, 5.74) is 3.61. The Morgan fingerprint density at radius 1 is 0.968 bits per heavy atom. The number of amides is 1. The van der Waals surface area contributed by atoms with E-state index in [0.29, 0.717) is 30.0 Å². The Balaban J connectivity index is 1.61. The highest BCUT2D eigenvalue weighted by molar-refractivity contribution is 7.89. The maximum Gasteiger partial charge on any atom is 0.258 e. The Kier molecular flexibility index (Phi) is 5.73. The molecule has 1 amide bonds. The van der Waals surface area contributed by atoms with Crippen LogP contribution < -0.4 is 4.90 Å². The number of hydrogen-bond acceptors (Lipinski definition) is 3. The first-order valence-electron chi connectivity index (χ1n) is 11.2. The van der Waals surface area contributed by atoms with Crippen molar-refractivity contribution in [2.45, 2.75) is 69.7 Å². The van der Waals surface area contributed by atoms with E-state index >= 15 is 0 Å². The Labute approximate surface area is 186 Å². The van der Waals surface area contributed by atoms with Crippen LogP contribution in [0.5, 0.6) is 0 Å². The van der Waals surface area contributed by atoms with E-state index in [9.17, 15) is 13.2 Å². The molecular formula is C25H32N2O3S. The molecule has 166 valence electrons. The second kappa shape index (κ2) is 8.06. The minimum Gasteiger partial charge on any atom is -0.305 e. The van der Waals surface area contributed by atoms with Crippen LogP contribution in [0.1, 0.15) is 68.4 Å². The number of hydrogen-bond donors (Lipinski definition) is 0. The second-order valence-corrected chi connectivity index (χ2v) is 11.7. The van der Waals surface area contributed by atoms with Gasteiger partial charge in [-0.05, 0) is 73.1 Å². The zero-order valence-corrected chi connectivity index (χ0v) is 19.7. The molecule has 0 aromatic heterocycles. The van der Waals surface area contributed by atoms with Crippen LogP contribution in [0.4, 0.5) is 5.69 Å². The number of sulfonamides is 1. The van der Waals surface area contributed by atoms with Crippen molar-refractivity contribution < 1.29 is 13.2 Å². The summed E-state index contributed by atoms with van der Waals surface area (Å²) in [7, 11) is -3.48. The number of fused-ring (bicyclic) bond motifs is 1. The molecule has 2 aromatic rings. The summed E-state index contributed by atoms with van der Waals surface area (Å²) >= 11 is 0. The Hall–Kier alpha value is -2.18. The standard InChI is InChI=1S/C25H32N2O3S/c1-18-16-20-17-22(31(29,30)26-14-6-5-7-15-26)12-13-23(20)27(18)24(28)19-8-10-21(11-9-19)25(2,3)4/h8-13,17-18H,5-7,14-16H2,1-4H3. The number of carbonyl (C=O) groups excluding carboxylic acids is 1. The van der Waals surface area contributed by atoms with Gasteiger partial charge in [0.25, 0.3) is 5.91 Å². The van der Waals surface area contributed by atoms with Gasteiger partial charge in [0.05, 0.1) is 4.90 Å². The summed E-state index contributed by atoms with van der Waals surface area (Å²) in [6, 6.07) is 13.0. The molecule has 31 heavy (non-hydrogen) atoms. The molecule has 0 saturated carbocycles. The summed E-state index contributed by atoms with van der Waals surface area (Å²) in [4.78, 5) is 15.5. The highest BCUT2D eigenvalue weighted by Gasteiger charge is 2.34. The fourth-order valence-electron chi connectivity index (χ4n) is 4.58. The zero-order valence-electron chi connectivity index (χ0n) is 18.9. The summed E-state index contributed by atoms with van der Waals surface area (Å²) in [6.45, 7) is 9.64. The van der Waals surface area contributed by atoms with Gasteiger partial charge in [0.1, 0.15) is 0 Å². The van der Waals surface area contributed by atoms with Crippen LogP contribution in [-0.2, 0) is 21.9 Å². The Morgan fingerprint density at radius 3 is 2.23 bits per heavy atom. The fraction of sp³-hybridized carbons (Fsp3) is 0.480. The predicted octanol–water partition coefficient (Wildman–Crippen LogP) is 4.75. The van der Waals surface area contributed by atoms with Crippen LogP contribution in [-0.4, -0.2) is 37.8 Å². The molecular weight excluding hydrogens is 408 g/mol. The monoisotopic (exact) mass is 440 g/mol. The van der Waals surface area contributed by atoms with Gasteiger partial charge in [0.15, 0.2) is 0 Å². The van der Waals surface area contributed by atoms with Gasteiger partial charge in [-0.3, -0.25) is 4.79 Å². The highest BCUT2D eigenvalue weighted by Crippen LogP contribution is 2.36. The van der Waals surface area contributed by atoms with Crippen molar-refractivity contribution in [3.05, 3.63) is 59.2 Å². The third kappa shape index (κ3) is 4.15. The van der Waals surface area contributed by atoms with E-state index in [4.69, 9.17) is 0 Å². The van der Waals surface area contributed by atoms with Crippen LogP contribution in [0.3, 0.4) is 0 Å². The number of piperidine rings is 1. The maximum atomic E-state index is 13.3. The van der Waals surface area contributed by atoms with E-state index in [1.165, 1.54) is 5.56 Å². The van der Waals surface area contributed by atoms with Gasteiger partial charge in [-0.15, -0.1) is 0 Å². The Morgan fingerprint density at radius 2 is 1.61 bits per heavy atom. The first kappa shape index (κ1) is 22.0. The van der Waals surface area contributed by atoms with E-state index in [0.717, 1.165) is 30.5 Å². The van der Waals surface area contributed by atoms with Gasteiger partial charge < -0.3 is 4.90 Å². The largest absolute Gasteiger partial charge is 0.305 e. The smallest absolute Gasteiger partial charge is 0.258 e. The molecule has 0 aliphatic carbocycles. The maximum absolute atomic E-state index is 13.3. The van der Waals surface area contributed by atoms with Crippen LogP contribution >= 0.6 is 0 Å². The average Bonchev–Trinajstić information content (AvgIpc) is 3.08. The van der Waals surface area contributed by atoms with Crippen molar-refractivity contribution in [1.82, 2.24) is 4.31 Å². The van der Waals surface area contributed by atoms with Crippen LogP contribution in [0.2, 0.25) is 0 Å². The lowest BCUT2D eigenvalue weighted by Gasteiger charge is -2.26. The number of benzene rings is 2. The van der Waals surface area contributed by atoms with Crippen molar-refractivity contribution in [2.24, 2.45) is 0 Å². The van der Waals surface area contributed by atoms with E-state index in [-0.39, 0.29) is 17.4 Å². The first-order chi connectivity index (χ1) is 14.6. The van der Waals surface area contributed by atoms with Gasteiger partial charge in [-0.1, -0.05) is 39.3 Å². The number of nitrogens with zero attached hydrogens (tertiary/aromatic N) is 2. The van der Waals surface area contributed by atoms with E-state index in [1.54, 1.807) is 27.4 Å². The summed E-state index contributed by atoms with van der Waals surface area (Å²) in [5.74, 6) is -0.0432. The minimum absolute atomic E-state index is 0.0160. The molecule has 2 aliphatic rings. The third-order valence-corrected chi connectivity index (χ3v) is 8.33. The molecule has 1 fully saturated rings. The molecule has 4 rings (SSSR count). The summed E-state index contributed by atoms with van der Waals surface area (Å²) in [5, 5.41) is 0. The van der Waals surface area contributed by atoms with Gasteiger partial charge in [-0.25, -0.2) is 8.42 Å². The lowest BCUT2D eigenvalue weighted by molar-refractivity contribution is 0.0981.